The van der Waals surface area contributed by atoms with Gasteiger partial charge in [-0.05, 0) is 18.4 Å². The summed E-state index contributed by atoms with van der Waals surface area (Å²) in [7, 11) is 0. The molecule has 3 nitrogen and oxygen atoms in total. The van der Waals surface area contributed by atoms with Crippen molar-refractivity contribution in [1.29, 1.82) is 0 Å². The van der Waals surface area contributed by atoms with Crippen molar-refractivity contribution in [2.75, 3.05) is 0 Å². The first-order valence-corrected chi connectivity index (χ1v) is 4.87. The summed E-state index contributed by atoms with van der Waals surface area (Å²) in [6.07, 6.45) is 4.81. The topological polar surface area (TPSA) is 43.1 Å². The SMILES string of the molecule is O=[N+]([O-])c1ccc([C]2CCCC2)cc1. The number of hydrogen-bond donors (Lipinski definition) is 0. The first-order valence-electron chi connectivity index (χ1n) is 4.87. The fourth-order valence-corrected chi connectivity index (χ4v) is 1.91. The first kappa shape index (κ1) is 9.19. The average molecular weight is 190 g/mol. The van der Waals surface area contributed by atoms with Gasteiger partial charge in [-0.15, -0.1) is 0 Å². The molecule has 0 bridgehead atoms. The third-order valence-electron chi connectivity index (χ3n) is 2.69. The van der Waals surface area contributed by atoms with Crippen LogP contribution in [0.15, 0.2) is 24.3 Å². The summed E-state index contributed by atoms with van der Waals surface area (Å²) in [5.74, 6) is 1.44. The summed E-state index contributed by atoms with van der Waals surface area (Å²) in [4.78, 5) is 10.1. The summed E-state index contributed by atoms with van der Waals surface area (Å²) >= 11 is 0. The number of benzene rings is 1. The molecule has 1 fully saturated rings. The zero-order valence-corrected chi connectivity index (χ0v) is 7.90. The Morgan fingerprint density at radius 3 is 2.14 bits per heavy atom. The molecule has 1 radical (unpaired) electrons. The van der Waals surface area contributed by atoms with Gasteiger partial charge in [0.2, 0.25) is 0 Å². The number of nitro benzene ring substituents is 1. The molecule has 0 spiro atoms. The smallest absolute Gasteiger partial charge is 0.258 e. The van der Waals surface area contributed by atoms with Crippen LogP contribution >= 0.6 is 0 Å². The molecule has 0 atom stereocenters. The van der Waals surface area contributed by atoms with Crippen LogP contribution in [0.4, 0.5) is 5.69 Å². The fourth-order valence-electron chi connectivity index (χ4n) is 1.91. The van der Waals surface area contributed by atoms with E-state index in [1.54, 1.807) is 12.1 Å². The molecule has 0 N–H and O–H groups in total. The van der Waals surface area contributed by atoms with Crippen molar-refractivity contribution in [3.63, 3.8) is 0 Å². The third kappa shape index (κ3) is 1.76. The molecule has 3 heteroatoms. The van der Waals surface area contributed by atoms with Gasteiger partial charge in [0.1, 0.15) is 0 Å². The molecule has 1 aromatic carbocycles. The van der Waals surface area contributed by atoms with Gasteiger partial charge in [-0.2, -0.15) is 0 Å². The second kappa shape index (κ2) is 3.78. The Balaban J connectivity index is 2.16. The van der Waals surface area contributed by atoms with E-state index in [0.29, 0.717) is 0 Å². The van der Waals surface area contributed by atoms with Crippen LogP contribution in [0.3, 0.4) is 0 Å². The quantitative estimate of drug-likeness (QED) is 0.531. The zero-order chi connectivity index (χ0) is 9.97. The molecular weight excluding hydrogens is 178 g/mol. The molecule has 1 aliphatic carbocycles. The lowest BCUT2D eigenvalue weighted by Crippen LogP contribution is -1.94. The highest BCUT2D eigenvalue weighted by atomic mass is 16.6. The zero-order valence-electron chi connectivity index (χ0n) is 7.90. The Kier molecular flexibility index (Phi) is 2.48. The van der Waals surface area contributed by atoms with Gasteiger partial charge in [0.05, 0.1) is 4.92 Å². The maximum absolute atomic E-state index is 10.4. The summed E-state index contributed by atoms with van der Waals surface area (Å²) < 4.78 is 0. The van der Waals surface area contributed by atoms with E-state index in [4.69, 9.17) is 0 Å². The third-order valence-corrected chi connectivity index (χ3v) is 2.69. The van der Waals surface area contributed by atoms with Crippen molar-refractivity contribution in [1.82, 2.24) is 0 Å². The van der Waals surface area contributed by atoms with E-state index in [-0.39, 0.29) is 10.6 Å². The van der Waals surface area contributed by atoms with Gasteiger partial charge in [0.25, 0.3) is 5.69 Å². The lowest BCUT2D eigenvalue weighted by molar-refractivity contribution is -0.384. The van der Waals surface area contributed by atoms with Crippen LogP contribution in [0.1, 0.15) is 31.2 Å². The van der Waals surface area contributed by atoms with Gasteiger partial charge in [0.15, 0.2) is 0 Å². The number of nitro groups is 1. The van der Waals surface area contributed by atoms with Crippen LogP contribution in [-0.2, 0) is 0 Å². The van der Waals surface area contributed by atoms with Crippen LogP contribution < -0.4 is 0 Å². The van der Waals surface area contributed by atoms with Crippen molar-refractivity contribution in [2.24, 2.45) is 0 Å². The van der Waals surface area contributed by atoms with E-state index in [1.165, 1.54) is 24.3 Å². The monoisotopic (exact) mass is 190 g/mol. The number of non-ortho nitro benzene ring substituents is 1. The molecule has 1 aliphatic rings. The molecule has 0 amide bonds. The maximum atomic E-state index is 10.4. The largest absolute Gasteiger partial charge is 0.269 e. The molecule has 0 aliphatic heterocycles. The summed E-state index contributed by atoms with van der Waals surface area (Å²) in [6, 6.07) is 6.89. The molecule has 73 valence electrons. The van der Waals surface area contributed by atoms with Crippen molar-refractivity contribution in [3.05, 3.63) is 45.9 Å². The van der Waals surface area contributed by atoms with Gasteiger partial charge in [-0.3, -0.25) is 10.1 Å². The van der Waals surface area contributed by atoms with Gasteiger partial charge >= 0.3 is 0 Å². The number of rotatable bonds is 2. The highest BCUT2D eigenvalue weighted by Crippen LogP contribution is 2.33. The van der Waals surface area contributed by atoms with Crippen LogP contribution in [0.2, 0.25) is 0 Å². The predicted octanol–water partition coefficient (Wildman–Crippen LogP) is 3.09. The normalized spacial score (nSPS) is 17.1. The van der Waals surface area contributed by atoms with E-state index in [2.05, 4.69) is 0 Å². The van der Waals surface area contributed by atoms with Crippen molar-refractivity contribution in [3.8, 4) is 0 Å². The minimum atomic E-state index is -0.358. The maximum Gasteiger partial charge on any atom is 0.269 e. The molecule has 1 aromatic rings. The molecule has 0 heterocycles. The Bertz CT molecular complexity index is 326. The van der Waals surface area contributed by atoms with E-state index in [9.17, 15) is 10.1 Å². The van der Waals surface area contributed by atoms with Gasteiger partial charge < -0.3 is 0 Å². The highest BCUT2D eigenvalue weighted by molar-refractivity contribution is 5.39. The van der Waals surface area contributed by atoms with E-state index < -0.39 is 0 Å². The van der Waals surface area contributed by atoms with E-state index >= 15 is 0 Å². The Labute approximate surface area is 82.9 Å². The van der Waals surface area contributed by atoms with Crippen LogP contribution in [-0.4, -0.2) is 4.92 Å². The van der Waals surface area contributed by atoms with Gasteiger partial charge in [0, 0.05) is 18.1 Å². The molecule has 2 rings (SSSR count). The number of nitrogens with zero attached hydrogens (tertiary/aromatic N) is 1. The Hall–Kier alpha value is -1.38. The molecular formula is C11H12NO2. The Morgan fingerprint density at radius 1 is 1.07 bits per heavy atom. The minimum absolute atomic E-state index is 0.173. The Morgan fingerprint density at radius 2 is 1.64 bits per heavy atom. The first-order chi connectivity index (χ1) is 6.77. The van der Waals surface area contributed by atoms with Crippen molar-refractivity contribution in [2.45, 2.75) is 25.7 Å². The van der Waals surface area contributed by atoms with Crippen LogP contribution in [0, 0.1) is 16.0 Å². The molecule has 0 unspecified atom stereocenters. The summed E-state index contributed by atoms with van der Waals surface area (Å²) in [6.45, 7) is 0. The van der Waals surface area contributed by atoms with Crippen LogP contribution in [0.5, 0.6) is 0 Å². The van der Waals surface area contributed by atoms with Gasteiger partial charge in [-0.1, -0.05) is 25.0 Å². The predicted molar refractivity (Wildman–Crippen MR) is 53.9 cm³/mol. The van der Waals surface area contributed by atoms with Gasteiger partial charge in [-0.25, -0.2) is 0 Å². The minimum Gasteiger partial charge on any atom is -0.258 e. The lowest BCUT2D eigenvalue weighted by atomic mass is 9.98. The van der Waals surface area contributed by atoms with Crippen molar-refractivity contribution >= 4 is 5.69 Å². The highest BCUT2D eigenvalue weighted by Gasteiger charge is 2.18. The molecule has 0 aromatic heterocycles. The molecule has 1 saturated carbocycles. The second-order valence-corrected chi connectivity index (χ2v) is 3.61. The van der Waals surface area contributed by atoms with E-state index in [0.717, 1.165) is 12.8 Å². The second-order valence-electron chi connectivity index (χ2n) is 3.61. The van der Waals surface area contributed by atoms with Crippen molar-refractivity contribution < 1.29 is 4.92 Å². The summed E-state index contributed by atoms with van der Waals surface area (Å²) in [5.41, 5.74) is 1.35. The number of hydrogen-bond acceptors (Lipinski definition) is 2. The summed E-state index contributed by atoms with van der Waals surface area (Å²) in [5, 5.41) is 10.4. The molecule has 14 heavy (non-hydrogen) atoms. The fraction of sp³-hybridized carbons (Fsp3) is 0.364. The van der Waals surface area contributed by atoms with Crippen LogP contribution in [0.25, 0.3) is 0 Å². The average Bonchev–Trinajstić information content (AvgIpc) is 2.71. The van der Waals surface area contributed by atoms with E-state index in [1.807, 2.05) is 12.1 Å². The molecule has 0 saturated heterocycles. The standard InChI is InChI=1S/C11H12NO2/c13-12(14)11-7-5-10(6-8-11)9-3-1-2-4-9/h5-8H,1-4H2. The lowest BCUT2D eigenvalue weighted by Gasteiger charge is -2.07.